The molecule has 0 unspecified atom stereocenters. The van der Waals surface area contributed by atoms with Gasteiger partial charge in [0, 0.05) is 22.9 Å². The van der Waals surface area contributed by atoms with Crippen LogP contribution in [0.2, 0.25) is 5.02 Å². The van der Waals surface area contributed by atoms with Gasteiger partial charge in [-0.15, -0.1) is 0 Å². The Hall–Kier alpha value is -3.32. The number of hydrogen-bond donors (Lipinski definition) is 3. The van der Waals surface area contributed by atoms with Gasteiger partial charge < -0.3 is 15.8 Å². The van der Waals surface area contributed by atoms with E-state index in [9.17, 15) is 9.59 Å². The highest BCUT2D eigenvalue weighted by Gasteiger charge is 2.30. The smallest absolute Gasteiger partial charge is 0.258 e. The van der Waals surface area contributed by atoms with Crippen LogP contribution in [0.25, 0.3) is 0 Å². The van der Waals surface area contributed by atoms with Crippen LogP contribution in [-0.4, -0.2) is 15.9 Å². The summed E-state index contributed by atoms with van der Waals surface area (Å²) in [6, 6.07) is 14.8. The molecule has 0 saturated heterocycles. The molecule has 0 saturated carbocycles. The van der Waals surface area contributed by atoms with E-state index in [0.717, 1.165) is 11.1 Å². The van der Waals surface area contributed by atoms with Gasteiger partial charge in [0.1, 0.15) is 18.2 Å². The third-order valence-electron chi connectivity index (χ3n) is 4.60. The number of halogens is 1. The Balaban J connectivity index is 1.57. The minimum atomic E-state index is -0.404. The van der Waals surface area contributed by atoms with Gasteiger partial charge in [0.15, 0.2) is 0 Å². The second-order valence-electron chi connectivity index (χ2n) is 6.47. The molecular weight excluding hydrogens is 380 g/mol. The van der Waals surface area contributed by atoms with E-state index in [4.69, 9.17) is 22.1 Å². The first-order chi connectivity index (χ1) is 13.5. The fourth-order valence-electron chi connectivity index (χ4n) is 3.25. The van der Waals surface area contributed by atoms with Crippen LogP contribution >= 0.6 is 11.6 Å². The van der Waals surface area contributed by atoms with Gasteiger partial charge in [0.2, 0.25) is 11.9 Å². The third kappa shape index (κ3) is 3.57. The SMILES string of the molecule is Nc1nc2c(c(=O)[nH]1)[C@@H](c1ccc(OCc3ccccc3Cl)cc1)CC(=O)N2. The Morgan fingerprint density at radius 2 is 1.89 bits per heavy atom. The first-order valence-corrected chi connectivity index (χ1v) is 9.05. The standard InChI is InChI=1S/C20H17ClN4O3/c21-15-4-2-1-3-12(15)10-28-13-7-5-11(6-8-13)14-9-16(26)23-18-17(14)19(27)25-20(22)24-18/h1-8,14H,9-10H2,(H4,22,23,24,25,26,27)/t14-/m1/s1. The predicted octanol–water partition coefficient (Wildman–Crippen LogP) is 3.06. The van der Waals surface area contributed by atoms with E-state index in [0.29, 0.717) is 22.9 Å². The summed E-state index contributed by atoms with van der Waals surface area (Å²) >= 11 is 6.14. The van der Waals surface area contributed by atoms with Crippen LogP contribution < -0.4 is 21.3 Å². The Labute approximate surface area is 165 Å². The summed E-state index contributed by atoms with van der Waals surface area (Å²) in [5.74, 6) is 0.218. The Bertz CT molecular complexity index is 1100. The lowest BCUT2D eigenvalue weighted by Crippen LogP contribution is -2.31. The first-order valence-electron chi connectivity index (χ1n) is 8.67. The average Bonchev–Trinajstić information content (AvgIpc) is 2.66. The van der Waals surface area contributed by atoms with E-state index in [1.807, 2.05) is 36.4 Å². The van der Waals surface area contributed by atoms with Crippen molar-refractivity contribution < 1.29 is 9.53 Å². The maximum atomic E-state index is 12.4. The zero-order valence-corrected chi connectivity index (χ0v) is 15.5. The van der Waals surface area contributed by atoms with E-state index >= 15 is 0 Å². The van der Waals surface area contributed by atoms with E-state index in [1.54, 1.807) is 12.1 Å². The molecule has 28 heavy (non-hydrogen) atoms. The lowest BCUT2D eigenvalue weighted by molar-refractivity contribution is -0.116. The summed E-state index contributed by atoms with van der Waals surface area (Å²) in [6.45, 7) is 0.344. The summed E-state index contributed by atoms with van der Waals surface area (Å²) in [5, 5.41) is 3.26. The summed E-state index contributed by atoms with van der Waals surface area (Å²) in [7, 11) is 0. The van der Waals surface area contributed by atoms with Crippen LogP contribution in [0.15, 0.2) is 53.3 Å². The number of nitrogens with zero attached hydrogens (tertiary/aromatic N) is 1. The molecular formula is C20H17ClN4O3. The number of ether oxygens (including phenoxy) is 1. The third-order valence-corrected chi connectivity index (χ3v) is 4.97. The topological polar surface area (TPSA) is 110 Å². The molecule has 0 radical (unpaired) electrons. The monoisotopic (exact) mass is 396 g/mol. The predicted molar refractivity (Wildman–Crippen MR) is 107 cm³/mol. The lowest BCUT2D eigenvalue weighted by atomic mass is 9.87. The molecule has 4 rings (SSSR count). The van der Waals surface area contributed by atoms with E-state index in [-0.39, 0.29) is 29.7 Å². The number of nitrogens with two attached hydrogens (primary N) is 1. The van der Waals surface area contributed by atoms with Crippen molar-refractivity contribution in [2.45, 2.75) is 18.9 Å². The fraction of sp³-hybridized carbons (Fsp3) is 0.150. The van der Waals surface area contributed by atoms with Crippen molar-refractivity contribution in [3.63, 3.8) is 0 Å². The van der Waals surface area contributed by atoms with Crippen LogP contribution in [-0.2, 0) is 11.4 Å². The van der Waals surface area contributed by atoms with Crippen molar-refractivity contribution in [3.05, 3.63) is 80.6 Å². The van der Waals surface area contributed by atoms with Crippen LogP contribution in [0, 0.1) is 0 Å². The maximum Gasteiger partial charge on any atom is 0.258 e. The number of anilines is 2. The summed E-state index contributed by atoms with van der Waals surface area (Å²) in [5.41, 5.74) is 7.33. The van der Waals surface area contributed by atoms with Crippen LogP contribution in [0.5, 0.6) is 5.75 Å². The molecule has 142 valence electrons. The average molecular weight is 397 g/mol. The number of hydrogen-bond acceptors (Lipinski definition) is 5. The molecule has 7 nitrogen and oxygen atoms in total. The molecule has 2 heterocycles. The molecule has 3 aromatic rings. The zero-order valence-electron chi connectivity index (χ0n) is 14.7. The van der Waals surface area contributed by atoms with Gasteiger partial charge >= 0.3 is 0 Å². The number of aromatic amines is 1. The molecule has 1 aromatic heterocycles. The molecule has 4 N–H and O–H groups in total. The molecule has 0 fully saturated rings. The summed E-state index contributed by atoms with van der Waals surface area (Å²) in [4.78, 5) is 31.0. The van der Waals surface area contributed by atoms with Crippen molar-refractivity contribution >= 4 is 29.3 Å². The number of fused-ring (bicyclic) bond motifs is 1. The van der Waals surface area contributed by atoms with Crippen molar-refractivity contribution in [1.29, 1.82) is 0 Å². The molecule has 0 aliphatic carbocycles. The largest absolute Gasteiger partial charge is 0.489 e. The number of carbonyl (C=O) groups excluding carboxylic acids is 1. The number of rotatable bonds is 4. The maximum absolute atomic E-state index is 12.4. The minimum Gasteiger partial charge on any atom is -0.489 e. The molecule has 0 bridgehead atoms. The highest BCUT2D eigenvalue weighted by atomic mass is 35.5. The molecule has 1 amide bonds. The second kappa shape index (κ2) is 7.36. The lowest BCUT2D eigenvalue weighted by Gasteiger charge is -2.24. The number of benzene rings is 2. The van der Waals surface area contributed by atoms with Crippen molar-refractivity contribution in [1.82, 2.24) is 9.97 Å². The number of aromatic nitrogens is 2. The fourth-order valence-corrected chi connectivity index (χ4v) is 3.44. The molecule has 8 heteroatoms. The molecule has 1 atom stereocenters. The van der Waals surface area contributed by atoms with E-state index in [1.165, 1.54) is 0 Å². The summed E-state index contributed by atoms with van der Waals surface area (Å²) < 4.78 is 5.78. The van der Waals surface area contributed by atoms with Crippen LogP contribution in [0.3, 0.4) is 0 Å². The van der Waals surface area contributed by atoms with E-state index < -0.39 is 5.92 Å². The number of nitrogens with one attached hydrogen (secondary N) is 2. The van der Waals surface area contributed by atoms with Crippen LogP contribution in [0.1, 0.15) is 29.0 Å². The number of carbonyl (C=O) groups is 1. The second-order valence-corrected chi connectivity index (χ2v) is 6.87. The molecule has 0 spiro atoms. The van der Waals surface area contributed by atoms with Crippen molar-refractivity contribution in [2.75, 3.05) is 11.1 Å². The zero-order chi connectivity index (χ0) is 19.7. The van der Waals surface area contributed by atoms with Crippen molar-refractivity contribution in [3.8, 4) is 5.75 Å². The van der Waals surface area contributed by atoms with E-state index in [2.05, 4.69) is 15.3 Å². The Morgan fingerprint density at radius 1 is 1.14 bits per heavy atom. The number of amides is 1. The van der Waals surface area contributed by atoms with Gasteiger partial charge in [-0.05, 0) is 23.8 Å². The Morgan fingerprint density at radius 3 is 2.64 bits per heavy atom. The van der Waals surface area contributed by atoms with Gasteiger partial charge in [0.05, 0.1) is 5.56 Å². The number of nitrogen functional groups attached to an aromatic ring is 1. The summed E-state index contributed by atoms with van der Waals surface area (Å²) in [6.07, 6.45) is 0.154. The molecule has 1 aliphatic heterocycles. The minimum absolute atomic E-state index is 0.0342. The van der Waals surface area contributed by atoms with Gasteiger partial charge in [-0.3, -0.25) is 14.6 Å². The van der Waals surface area contributed by atoms with Gasteiger partial charge in [0.25, 0.3) is 5.56 Å². The highest BCUT2D eigenvalue weighted by Crippen LogP contribution is 2.34. The van der Waals surface area contributed by atoms with Gasteiger partial charge in [-0.25, -0.2) is 0 Å². The van der Waals surface area contributed by atoms with Gasteiger partial charge in [-0.1, -0.05) is 41.9 Å². The highest BCUT2D eigenvalue weighted by molar-refractivity contribution is 6.31. The van der Waals surface area contributed by atoms with Crippen LogP contribution in [0.4, 0.5) is 11.8 Å². The normalized spacial score (nSPS) is 15.6. The first kappa shape index (κ1) is 18.1. The quantitative estimate of drug-likeness (QED) is 0.627. The Kier molecular flexibility index (Phi) is 4.75. The van der Waals surface area contributed by atoms with Gasteiger partial charge in [-0.2, -0.15) is 4.98 Å². The molecule has 1 aliphatic rings. The molecule has 2 aromatic carbocycles. The number of H-pyrrole nitrogens is 1. The van der Waals surface area contributed by atoms with Crippen molar-refractivity contribution in [2.24, 2.45) is 0 Å².